The number of benzene rings is 1. The number of amides is 1. The normalized spacial score (nSPS) is 24.9. The maximum atomic E-state index is 12.7. The van der Waals surface area contributed by atoms with Gasteiger partial charge in [0.15, 0.2) is 0 Å². The van der Waals surface area contributed by atoms with E-state index in [1.165, 1.54) is 64.0 Å². The molecule has 1 heterocycles. The minimum absolute atomic E-state index is 0.0850. The van der Waals surface area contributed by atoms with Crippen LogP contribution < -0.4 is 5.48 Å². The standard InChI is InChI=1S/C23H30BrNO3/c1-27-25-22(26)18-11-10-17(24)14-19(18)20-15-23(12-6-3-7-13-23)28-21(20)16-8-4-2-5-9-16/h10-11,14-16,21H,2-9,12-13H2,1H3,(H,25,26)/t21-/m1/s1. The van der Waals surface area contributed by atoms with Crippen molar-refractivity contribution in [2.45, 2.75) is 75.9 Å². The van der Waals surface area contributed by atoms with Crippen molar-refractivity contribution in [1.82, 2.24) is 5.48 Å². The van der Waals surface area contributed by atoms with Gasteiger partial charge in [-0.15, -0.1) is 0 Å². The summed E-state index contributed by atoms with van der Waals surface area (Å²) in [6, 6.07) is 5.85. The Balaban J connectivity index is 1.76. The largest absolute Gasteiger partial charge is 0.363 e. The number of nitrogens with one attached hydrogen (secondary N) is 1. The number of carbonyl (C=O) groups excluding carboxylic acids is 1. The molecule has 28 heavy (non-hydrogen) atoms. The summed E-state index contributed by atoms with van der Waals surface area (Å²) in [6.45, 7) is 0. The molecule has 1 atom stereocenters. The lowest BCUT2D eigenvalue weighted by molar-refractivity contribution is -0.0686. The van der Waals surface area contributed by atoms with E-state index in [4.69, 9.17) is 9.57 Å². The highest BCUT2D eigenvalue weighted by Crippen LogP contribution is 2.48. The second-order valence-electron chi connectivity index (χ2n) is 8.49. The van der Waals surface area contributed by atoms with Gasteiger partial charge in [0.2, 0.25) is 0 Å². The Morgan fingerprint density at radius 1 is 1.14 bits per heavy atom. The summed E-state index contributed by atoms with van der Waals surface area (Å²) in [4.78, 5) is 17.6. The lowest BCUT2D eigenvalue weighted by Crippen LogP contribution is -2.35. The van der Waals surface area contributed by atoms with Crippen LogP contribution in [0.4, 0.5) is 0 Å². The lowest BCUT2D eigenvalue weighted by Gasteiger charge is -2.36. The Labute approximate surface area is 176 Å². The maximum absolute atomic E-state index is 12.7. The first-order valence-electron chi connectivity index (χ1n) is 10.7. The van der Waals surface area contributed by atoms with E-state index >= 15 is 0 Å². The van der Waals surface area contributed by atoms with Crippen molar-refractivity contribution < 1.29 is 14.4 Å². The van der Waals surface area contributed by atoms with Crippen molar-refractivity contribution in [3.8, 4) is 0 Å². The number of ether oxygens (including phenoxy) is 1. The van der Waals surface area contributed by atoms with Crippen molar-refractivity contribution in [3.63, 3.8) is 0 Å². The van der Waals surface area contributed by atoms with Crippen LogP contribution in [0.1, 0.15) is 80.1 Å². The molecule has 1 aromatic rings. The van der Waals surface area contributed by atoms with Crippen LogP contribution in [-0.4, -0.2) is 24.7 Å². The first-order valence-corrected chi connectivity index (χ1v) is 11.4. The van der Waals surface area contributed by atoms with Crippen LogP contribution in [0.3, 0.4) is 0 Å². The monoisotopic (exact) mass is 447 g/mol. The SMILES string of the molecule is CONC(=O)c1ccc(Br)cc1C1=CC2(CCCCC2)O[C@@H]1C1CCCCC1. The van der Waals surface area contributed by atoms with Gasteiger partial charge in [-0.2, -0.15) is 0 Å². The summed E-state index contributed by atoms with van der Waals surface area (Å²) in [5.41, 5.74) is 5.17. The van der Waals surface area contributed by atoms with E-state index in [0.717, 1.165) is 22.9 Å². The van der Waals surface area contributed by atoms with Gasteiger partial charge in [-0.25, -0.2) is 5.48 Å². The van der Waals surface area contributed by atoms with Gasteiger partial charge >= 0.3 is 0 Å². The van der Waals surface area contributed by atoms with Gasteiger partial charge in [0.25, 0.3) is 5.91 Å². The highest BCUT2D eigenvalue weighted by atomic mass is 79.9. The fraction of sp³-hybridized carbons (Fsp3) is 0.609. The second kappa shape index (κ2) is 8.68. The van der Waals surface area contributed by atoms with Crippen molar-refractivity contribution in [3.05, 3.63) is 39.9 Å². The number of rotatable bonds is 4. The van der Waals surface area contributed by atoms with Crippen LogP contribution in [0, 0.1) is 5.92 Å². The van der Waals surface area contributed by atoms with Gasteiger partial charge < -0.3 is 4.74 Å². The first kappa shape index (κ1) is 20.1. The fourth-order valence-corrected chi connectivity index (χ4v) is 5.61. The van der Waals surface area contributed by atoms with Gasteiger partial charge in [-0.3, -0.25) is 9.63 Å². The van der Waals surface area contributed by atoms with Crippen LogP contribution >= 0.6 is 15.9 Å². The van der Waals surface area contributed by atoms with Gasteiger partial charge in [0.1, 0.15) is 0 Å². The average molecular weight is 448 g/mol. The van der Waals surface area contributed by atoms with Gasteiger partial charge in [-0.1, -0.05) is 54.5 Å². The topological polar surface area (TPSA) is 47.6 Å². The Morgan fingerprint density at radius 3 is 2.57 bits per heavy atom. The van der Waals surface area contributed by atoms with Gasteiger partial charge in [0, 0.05) is 10.0 Å². The fourth-order valence-electron chi connectivity index (χ4n) is 5.25. The minimum Gasteiger partial charge on any atom is -0.363 e. The van der Waals surface area contributed by atoms with Crippen molar-refractivity contribution in [2.75, 3.05) is 7.11 Å². The molecule has 1 N–H and O–H groups in total. The van der Waals surface area contributed by atoms with Crippen molar-refractivity contribution in [2.24, 2.45) is 5.92 Å². The zero-order valence-electron chi connectivity index (χ0n) is 16.6. The van der Waals surface area contributed by atoms with Crippen LogP contribution in [0.2, 0.25) is 0 Å². The molecule has 3 aliphatic rings. The quantitative estimate of drug-likeness (QED) is 0.592. The Morgan fingerprint density at radius 2 is 1.86 bits per heavy atom. The second-order valence-corrected chi connectivity index (χ2v) is 9.40. The molecule has 1 aliphatic heterocycles. The molecule has 0 saturated heterocycles. The van der Waals surface area contributed by atoms with E-state index in [9.17, 15) is 4.79 Å². The first-order chi connectivity index (χ1) is 13.6. The molecule has 2 saturated carbocycles. The van der Waals surface area contributed by atoms with Crippen LogP contribution in [0.15, 0.2) is 28.7 Å². The minimum atomic E-state index is -0.210. The van der Waals surface area contributed by atoms with Crippen molar-refractivity contribution in [1.29, 1.82) is 0 Å². The number of hydroxylamine groups is 1. The summed E-state index contributed by atoms with van der Waals surface area (Å²) in [6.07, 6.45) is 14.7. The van der Waals surface area contributed by atoms with Gasteiger partial charge in [-0.05, 0) is 67.0 Å². The molecule has 1 spiro atoms. The highest BCUT2D eigenvalue weighted by Gasteiger charge is 2.44. The molecule has 2 aliphatic carbocycles. The van der Waals surface area contributed by atoms with Crippen LogP contribution in [0.25, 0.3) is 5.57 Å². The number of hydrogen-bond acceptors (Lipinski definition) is 3. The molecule has 0 unspecified atom stereocenters. The summed E-state index contributed by atoms with van der Waals surface area (Å²) in [5, 5.41) is 0. The van der Waals surface area contributed by atoms with E-state index in [1.807, 2.05) is 12.1 Å². The molecule has 0 bridgehead atoms. The molecule has 152 valence electrons. The molecule has 1 amide bonds. The van der Waals surface area contributed by atoms with E-state index < -0.39 is 0 Å². The maximum Gasteiger partial charge on any atom is 0.275 e. The third-order valence-electron chi connectivity index (χ3n) is 6.60. The van der Waals surface area contributed by atoms with Crippen LogP contribution in [-0.2, 0) is 9.57 Å². The van der Waals surface area contributed by atoms with E-state index in [1.54, 1.807) is 0 Å². The average Bonchev–Trinajstić information content (AvgIpc) is 3.08. The van der Waals surface area contributed by atoms with E-state index in [2.05, 4.69) is 33.6 Å². The smallest absolute Gasteiger partial charge is 0.275 e. The predicted octanol–water partition coefficient (Wildman–Crippen LogP) is 5.81. The number of hydrogen-bond donors (Lipinski definition) is 1. The van der Waals surface area contributed by atoms with Crippen LogP contribution in [0.5, 0.6) is 0 Å². The molecule has 4 nitrogen and oxygen atoms in total. The predicted molar refractivity (Wildman–Crippen MR) is 114 cm³/mol. The summed E-state index contributed by atoms with van der Waals surface area (Å²) < 4.78 is 7.84. The molecule has 2 fully saturated rings. The molecule has 4 rings (SSSR count). The lowest BCUT2D eigenvalue weighted by atomic mass is 9.80. The van der Waals surface area contributed by atoms with E-state index in [-0.39, 0.29) is 17.6 Å². The number of carbonyl (C=O) groups is 1. The summed E-state index contributed by atoms with van der Waals surface area (Å²) in [7, 11) is 1.47. The molecule has 5 heteroatoms. The third kappa shape index (κ3) is 4.07. The van der Waals surface area contributed by atoms with Crippen molar-refractivity contribution >= 4 is 27.4 Å². The zero-order chi connectivity index (χ0) is 19.6. The third-order valence-corrected chi connectivity index (χ3v) is 7.09. The Kier molecular flexibility index (Phi) is 6.24. The van der Waals surface area contributed by atoms with Gasteiger partial charge in [0.05, 0.1) is 18.8 Å². The zero-order valence-corrected chi connectivity index (χ0v) is 18.2. The Bertz CT molecular complexity index is 748. The molecular formula is C23H30BrNO3. The number of halogens is 1. The summed E-state index contributed by atoms with van der Waals surface area (Å²) in [5.74, 6) is 0.330. The Hall–Kier alpha value is -1.17. The molecular weight excluding hydrogens is 418 g/mol. The molecule has 0 radical (unpaired) electrons. The molecule has 0 aromatic heterocycles. The summed E-state index contributed by atoms with van der Waals surface area (Å²) >= 11 is 3.60. The van der Waals surface area contributed by atoms with E-state index in [0.29, 0.717) is 11.5 Å². The molecule has 1 aromatic carbocycles. The highest BCUT2D eigenvalue weighted by molar-refractivity contribution is 9.10.